The number of hydrogen-bond donors (Lipinski definition) is 3. The van der Waals surface area contributed by atoms with Gasteiger partial charge in [-0.05, 0) is 54.2 Å². The fraction of sp³-hybridized carbons (Fsp3) is 0.375. The van der Waals surface area contributed by atoms with Crippen molar-refractivity contribution in [2.24, 2.45) is 17.3 Å². The monoisotopic (exact) mass is 562 g/mol. The van der Waals surface area contributed by atoms with Gasteiger partial charge in [0.25, 0.3) is 5.91 Å². The Bertz CT molecular complexity index is 1200. The molecule has 12 heteroatoms. The largest absolute Gasteiger partial charge is 0.417 e. The third kappa shape index (κ3) is 6.63. The van der Waals surface area contributed by atoms with Crippen LogP contribution in [-0.4, -0.2) is 29.9 Å². The summed E-state index contributed by atoms with van der Waals surface area (Å²) in [7, 11) is 0. The third-order valence-corrected chi connectivity index (χ3v) is 6.66. The van der Waals surface area contributed by atoms with E-state index in [1.165, 1.54) is 0 Å². The number of aromatic nitrogens is 1. The van der Waals surface area contributed by atoms with E-state index in [1.807, 2.05) is 13.8 Å². The van der Waals surface area contributed by atoms with Gasteiger partial charge in [0.05, 0.1) is 16.5 Å². The third-order valence-electron chi connectivity index (χ3n) is 6.12. The van der Waals surface area contributed by atoms with E-state index in [0.717, 1.165) is 6.07 Å². The van der Waals surface area contributed by atoms with Crippen molar-refractivity contribution in [1.82, 2.24) is 10.3 Å². The Hall–Kier alpha value is -2.49. The SMILES string of the molecule is Cc1cc(C(=O)NCCNc2ncc(C(F)(F)F)cc2Cl)ccc1NC(=O)C1C(C=C(Cl)Cl)C1(C)C. The van der Waals surface area contributed by atoms with E-state index in [0.29, 0.717) is 23.0 Å². The molecule has 0 bridgehead atoms. The molecule has 194 valence electrons. The fourth-order valence-electron chi connectivity index (χ4n) is 3.96. The summed E-state index contributed by atoms with van der Waals surface area (Å²) in [6.45, 7) is 6.06. The summed E-state index contributed by atoms with van der Waals surface area (Å²) >= 11 is 17.4. The number of benzene rings is 1. The van der Waals surface area contributed by atoms with E-state index in [-0.39, 0.29) is 57.5 Å². The molecule has 0 aliphatic heterocycles. The smallest absolute Gasteiger partial charge is 0.367 e. The highest BCUT2D eigenvalue weighted by atomic mass is 35.5. The molecule has 1 saturated carbocycles. The van der Waals surface area contributed by atoms with Crippen molar-refractivity contribution in [3.05, 3.63) is 62.7 Å². The van der Waals surface area contributed by atoms with Crippen LogP contribution >= 0.6 is 34.8 Å². The fourth-order valence-corrected chi connectivity index (χ4v) is 4.47. The number of carbonyl (C=O) groups is 2. The van der Waals surface area contributed by atoms with Crippen molar-refractivity contribution in [3.8, 4) is 0 Å². The van der Waals surface area contributed by atoms with Gasteiger partial charge in [-0.15, -0.1) is 0 Å². The highest BCUT2D eigenvalue weighted by molar-refractivity contribution is 6.55. The van der Waals surface area contributed by atoms with Crippen molar-refractivity contribution < 1.29 is 22.8 Å². The predicted molar refractivity (Wildman–Crippen MR) is 135 cm³/mol. The second-order valence-electron chi connectivity index (χ2n) is 9.03. The minimum Gasteiger partial charge on any atom is -0.367 e. The molecule has 0 radical (unpaired) electrons. The number of nitrogens with one attached hydrogen (secondary N) is 3. The molecule has 1 heterocycles. The molecule has 2 amide bonds. The molecule has 1 aromatic heterocycles. The van der Waals surface area contributed by atoms with E-state index >= 15 is 0 Å². The molecule has 2 aromatic rings. The molecular formula is C24H24Cl3F3N4O2. The van der Waals surface area contributed by atoms with Gasteiger partial charge in [-0.3, -0.25) is 9.59 Å². The summed E-state index contributed by atoms with van der Waals surface area (Å²) in [4.78, 5) is 28.9. The summed E-state index contributed by atoms with van der Waals surface area (Å²) in [6, 6.07) is 5.68. The molecule has 1 aliphatic rings. The Labute approximate surface area is 221 Å². The Balaban J connectivity index is 1.52. The number of hydrogen-bond acceptors (Lipinski definition) is 4. The number of rotatable bonds is 8. The quantitative estimate of drug-likeness (QED) is 0.323. The number of nitrogens with zero attached hydrogens (tertiary/aromatic N) is 1. The summed E-state index contributed by atoms with van der Waals surface area (Å²) in [5, 5.41) is 8.22. The van der Waals surface area contributed by atoms with Gasteiger partial charge in [-0.1, -0.05) is 48.7 Å². The summed E-state index contributed by atoms with van der Waals surface area (Å²) in [5.41, 5.74) is 0.469. The lowest BCUT2D eigenvalue weighted by Gasteiger charge is -2.12. The Morgan fingerprint density at radius 2 is 1.86 bits per heavy atom. The number of aryl methyl sites for hydroxylation is 1. The van der Waals surface area contributed by atoms with E-state index in [1.54, 1.807) is 31.2 Å². The molecule has 3 N–H and O–H groups in total. The van der Waals surface area contributed by atoms with Crippen LogP contribution in [0.2, 0.25) is 5.02 Å². The van der Waals surface area contributed by atoms with Crippen LogP contribution in [0.1, 0.15) is 35.3 Å². The first-order chi connectivity index (χ1) is 16.7. The van der Waals surface area contributed by atoms with Crippen molar-refractivity contribution in [2.75, 3.05) is 23.7 Å². The Morgan fingerprint density at radius 3 is 2.44 bits per heavy atom. The molecule has 1 fully saturated rings. The number of halogens is 6. The lowest BCUT2D eigenvalue weighted by atomic mass is 10.1. The zero-order valence-electron chi connectivity index (χ0n) is 19.6. The number of allylic oxidation sites excluding steroid dienone is 1. The maximum atomic E-state index is 12.8. The van der Waals surface area contributed by atoms with Gasteiger partial charge in [0.1, 0.15) is 10.3 Å². The van der Waals surface area contributed by atoms with Gasteiger partial charge in [0.2, 0.25) is 5.91 Å². The average molecular weight is 564 g/mol. The van der Waals surface area contributed by atoms with Crippen molar-refractivity contribution in [2.45, 2.75) is 26.9 Å². The van der Waals surface area contributed by atoms with Gasteiger partial charge in [0, 0.05) is 30.5 Å². The Morgan fingerprint density at radius 1 is 1.17 bits per heavy atom. The summed E-state index contributed by atoms with van der Waals surface area (Å²) in [5.74, 6) is -0.756. The molecule has 1 aliphatic carbocycles. The van der Waals surface area contributed by atoms with Gasteiger partial charge >= 0.3 is 6.18 Å². The number of anilines is 2. The van der Waals surface area contributed by atoms with Crippen LogP contribution < -0.4 is 16.0 Å². The molecule has 0 saturated heterocycles. The first-order valence-electron chi connectivity index (χ1n) is 10.9. The van der Waals surface area contributed by atoms with Crippen LogP contribution in [0, 0.1) is 24.2 Å². The maximum absolute atomic E-state index is 12.8. The number of alkyl halides is 3. The zero-order chi connectivity index (χ0) is 26.8. The first kappa shape index (κ1) is 28.1. The van der Waals surface area contributed by atoms with Gasteiger partial charge in [-0.25, -0.2) is 4.98 Å². The lowest BCUT2D eigenvalue weighted by molar-refractivity contribution is -0.137. The molecule has 3 rings (SSSR count). The minimum atomic E-state index is -4.54. The topological polar surface area (TPSA) is 83.1 Å². The van der Waals surface area contributed by atoms with E-state index in [4.69, 9.17) is 34.8 Å². The van der Waals surface area contributed by atoms with Crippen molar-refractivity contribution in [3.63, 3.8) is 0 Å². The normalized spacial score (nSPS) is 18.2. The molecule has 2 unspecified atom stereocenters. The van der Waals surface area contributed by atoms with Gasteiger partial charge in [0.15, 0.2) is 0 Å². The van der Waals surface area contributed by atoms with Crippen LogP contribution in [0.5, 0.6) is 0 Å². The maximum Gasteiger partial charge on any atom is 0.417 e. The van der Waals surface area contributed by atoms with Crippen molar-refractivity contribution >= 4 is 58.1 Å². The van der Waals surface area contributed by atoms with Gasteiger partial charge in [-0.2, -0.15) is 13.2 Å². The molecule has 0 spiro atoms. The average Bonchev–Trinajstić information content (AvgIpc) is 3.31. The summed E-state index contributed by atoms with van der Waals surface area (Å²) in [6.07, 6.45) is -2.18. The second-order valence-corrected chi connectivity index (χ2v) is 10.5. The van der Waals surface area contributed by atoms with Gasteiger partial charge < -0.3 is 16.0 Å². The number of carbonyl (C=O) groups excluding carboxylic acids is 2. The molecule has 6 nitrogen and oxygen atoms in total. The summed E-state index contributed by atoms with van der Waals surface area (Å²) < 4.78 is 38.2. The second kappa shape index (κ2) is 10.9. The van der Waals surface area contributed by atoms with Crippen molar-refractivity contribution in [1.29, 1.82) is 0 Å². The van der Waals surface area contributed by atoms with E-state index < -0.39 is 11.7 Å². The van der Waals surface area contributed by atoms with Crippen LogP contribution in [0.3, 0.4) is 0 Å². The lowest BCUT2D eigenvalue weighted by Crippen LogP contribution is -2.29. The number of pyridine rings is 1. The van der Waals surface area contributed by atoms with Crippen LogP contribution in [0.25, 0.3) is 0 Å². The highest BCUT2D eigenvalue weighted by Gasteiger charge is 2.60. The molecule has 1 aromatic carbocycles. The zero-order valence-corrected chi connectivity index (χ0v) is 21.8. The van der Waals surface area contributed by atoms with E-state index in [9.17, 15) is 22.8 Å². The number of amides is 2. The first-order valence-corrected chi connectivity index (χ1v) is 12.0. The predicted octanol–water partition coefficient (Wildman–Crippen LogP) is 6.43. The Kier molecular flexibility index (Phi) is 8.48. The molecular weight excluding hydrogens is 540 g/mol. The highest BCUT2D eigenvalue weighted by Crippen LogP contribution is 2.60. The van der Waals surface area contributed by atoms with E-state index in [2.05, 4.69) is 20.9 Å². The molecule has 36 heavy (non-hydrogen) atoms. The minimum absolute atomic E-state index is 0.0610. The molecule has 2 atom stereocenters. The van der Waals surface area contributed by atoms with Crippen LogP contribution in [0.15, 0.2) is 41.0 Å². The van der Waals surface area contributed by atoms with Crippen LogP contribution in [0.4, 0.5) is 24.7 Å². The standard InChI is InChI=1S/C24H24Cl3F3N4O2/c1-12-8-13(4-5-17(12)34-22(36)19-15(10-18(26)27)23(19,2)3)21(35)32-7-6-31-20-16(25)9-14(11-33-20)24(28,29)30/h4-5,8-11,15,19H,6-7H2,1-3H3,(H,31,33)(H,32,35)(H,34,36). The van der Waals surface area contributed by atoms with Crippen LogP contribution in [-0.2, 0) is 11.0 Å².